The summed E-state index contributed by atoms with van der Waals surface area (Å²) >= 11 is 0. The van der Waals surface area contributed by atoms with Crippen LogP contribution >= 0.6 is 0 Å². The van der Waals surface area contributed by atoms with Crippen LogP contribution in [0.25, 0.3) is 33.1 Å². The van der Waals surface area contributed by atoms with Gasteiger partial charge in [0.1, 0.15) is 17.6 Å². The molecule has 4 aromatic rings. The van der Waals surface area contributed by atoms with Gasteiger partial charge in [-0.2, -0.15) is 0 Å². The lowest BCUT2D eigenvalue weighted by Gasteiger charge is -2.06. The largest absolute Gasteiger partial charge is 0.508 e. The molecule has 112 valence electrons. The van der Waals surface area contributed by atoms with Gasteiger partial charge in [-0.05, 0) is 31.2 Å². The molecule has 2 aromatic heterocycles. The molecule has 4 nitrogen and oxygen atoms in total. The molecule has 0 radical (unpaired) electrons. The number of fused-ring (bicyclic) bond motifs is 2. The van der Waals surface area contributed by atoms with E-state index in [1.165, 1.54) is 12.3 Å². The van der Waals surface area contributed by atoms with Gasteiger partial charge in [-0.1, -0.05) is 24.3 Å². The summed E-state index contributed by atoms with van der Waals surface area (Å²) in [7, 11) is 0. The molecule has 0 aliphatic rings. The number of phenolic OH excluding ortho intramolecular Hbond substituents is 1. The van der Waals surface area contributed by atoms with Gasteiger partial charge in [0.05, 0.1) is 22.2 Å². The Hall–Kier alpha value is -3.14. The Morgan fingerprint density at radius 3 is 2.74 bits per heavy atom. The average Bonchev–Trinajstić information content (AvgIpc) is 2.58. The third kappa shape index (κ3) is 2.07. The van der Waals surface area contributed by atoms with E-state index in [9.17, 15) is 9.90 Å². The van der Waals surface area contributed by atoms with Crippen LogP contribution in [0, 0.1) is 6.92 Å². The minimum absolute atomic E-state index is 0.109. The van der Waals surface area contributed by atoms with E-state index in [0.717, 1.165) is 10.9 Å². The van der Waals surface area contributed by atoms with Gasteiger partial charge in [0.2, 0.25) is 5.43 Å². The number of para-hydroxylation sites is 1. The molecule has 4 heteroatoms. The molecule has 0 unspecified atom stereocenters. The second kappa shape index (κ2) is 4.95. The second-order valence-electron chi connectivity index (χ2n) is 5.45. The second-order valence-corrected chi connectivity index (χ2v) is 5.45. The first-order valence-corrected chi connectivity index (χ1v) is 7.25. The van der Waals surface area contributed by atoms with Crippen molar-refractivity contribution in [3.63, 3.8) is 0 Å². The molecule has 0 saturated heterocycles. The molecular weight excluding hydrogens is 290 g/mol. The fourth-order valence-electron chi connectivity index (χ4n) is 2.72. The first-order chi connectivity index (χ1) is 11.1. The monoisotopic (exact) mass is 303 g/mol. The number of aromatic nitrogens is 1. The Bertz CT molecular complexity index is 1110. The number of aromatic hydroxyl groups is 1. The molecule has 4 rings (SSSR count). The maximum atomic E-state index is 12.7. The van der Waals surface area contributed by atoms with Gasteiger partial charge >= 0.3 is 0 Å². The molecule has 0 spiro atoms. The lowest BCUT2D eigenvalue weighted by molar-refractivity contribution is 0.469. The quantitative estimate of drug-likeness (QED) is 0.577. The van der Waals surface area contributed by atoms with Crippen LogP contribution in [0.1, 0.15) is 5.56 Å². The number of aryl methyl sites for hydroxylation is 1. The number of nitrogens with zero attached hydrogens (tertiary/aromatic N) is 1. The topological polar surface area (TPSA) is 63.3 Å². The van der Waals surface area contributed by atoms with Gasteiger partial charge in [0.25, 0.3) is 0 Å². The minimum Gasteiger partial charge on any atom is -0.508 e. The fraction of sp³-hybridized carbons (Fsp3) is 0.0526. The van der Waals surface area contributed by atoms with E-state index in [2.05, 4.69) is 4.98 Å². The van der Waals surface area contributed by atoms with Crippen LogP contribution in [-0.2, 0) is 0 Å². The van der Waals surface area contributed by atoms with Crippen molar-refractivity contribution in [2.75, 3.05) is 0 Å². The van der Waals surface area contributed by atoms with Crippen LogP contribution in [0.5, 0.6) is 5.75 Å². The maximum Gasteiger partial charge on any atom is 0.202 e. The minimum atomic E-state index is -0.155. The van der Waals surface area contributed by atoms with Crippen molar-refractivity contribution in [1.82, 2.24) is 4.98 Å². The van der Waals surface area contributed by atoms with Crippen molar-refractivity contribution < 1.29 is 9.52 Å². The highest BCUT2D eigenvalue weighted by Gasteiger charge is 2.13. The zero-order valence-electron chi connectivity index (χ0n) is 12.4. The predicted octanol–water partition coefficient (Wildman–Crippen LogP) is 4.02. The molecule has 1 N–H and O–H groups in total. The Morgan fingerprint density at radius 2 is 1.87 bits per heavy atom. The summed E-state index contributed by atoms with van der Waals surface area (Å²) in [4.78, 5) is 17.3. The molecule has 0 aliphatic heterocycles. The van der Waals surface area contributed by atoms with Crippen molar-refractivity contribution in [2.45, 2.75) is 6.92 Å². The summed E-state index contributed by atoms with van der Waals surface area (Å²) < 4.78 is 5.60. The van der Waals surface area contributed by atoms with Gasteiger partial charge < -0.3 is 9.52 Å². The van der Waals surface area contributed by atoms with E-state index >= 15 is 0 Å². The lowest BCUT2D eigenvalue weighted by Crippen LogP contribution is -2.06. The smallest absolute Gasteiger partial charge is 0.202 e. The van der Waals surface area contributed by atoms with Crippen LogP contribution in [0.2, 0.25) is 0 Å². The summed E-state index contributed by atoms with van der Waals surface area (Å²) in [5, 5.41) is 11.2. The third-order valence-corrected chi connectivity index (χ3v) is 4.04. The molecule has 0 aliphatic carbocycles. The number of hydrogen-bond donors (Lipinski definition) is 1. The zero-order valence-corrected chi connectivity index (χ0v) is 12.4. The van der Waals surface area contributed by atoms with Gasteiger partial charge in [-0.25, -0.2) is 4.98 Å². The van der Waals surface area contributed by atoms with Gasteiger partial charge in [0.15, 0.2) is 0 Å². The lowest BCUT2D eigenvalue weighted by atomic mass is 10.1. The highest BCUT2D eigenvalue weighted by atomic mass is 16.3. The van der Waals surface area contributed by atoms with Crippen LogP contribution < -0.4 is 5.43 Å². The number of rotatable bonds is 1. The van der Waals surface area contributed by atoms with Crippen molar-refractivity contribution in [3.05, 3.63) is 70.6 Å². The Balaban J connectivity index is 1.99. The fourth-order valence-corrected chi connectivity index (χ4v) is 2.72. The molecule has 0 bridgehead atoms. The molecule has 2 aromatic carbocycles. The molecule has 0 fully saturated rings. The van der Waals surface area contributed by atoms with E-state index in [0.29, 0.717) is 27.8 Å². The van der Waals surface area contributed by atoms with Gasteiger partial charge in [0, 0.05) is 10.9 Å². The molecular formula is C19H13NO3. The standard InChI is InChI=1S/C19H13NO3/c1-11-17(21)9-7-13-18(22)14(10-23-19(11)13)16-8-6-12-4-2-3-5-15(12)20-16/h2-10,21H,1H3. The summed E-state index contributed by atoms with van der Waals surface area (Å²) in [6.45, 7) is 1.72. The van der Waals surface area contributed by atoms with Crippen LogP contribution in [-0.4, -0.2) is 10.1 Å². The molecule has 0 saturated carbocycles. The zero-order chi connectivity index (χ0) is 16.0. The van der Waals surface area contributed by atoms with Crippen LogP contribution in [0.3, 0.4) is 0 Å². The molecule has 0 atom stereocenters. The van der Waals surface area contributed by atoms with Crippen LogP contribution in [0.15, 0.2) is 64.0 Å². The third-order valence-electron chi connectivity index (χ3n) is 4.04. The summed E-state index contributed by atoms with van der Waals surface area (Å²) in [6.07, 6.45) is 1.41. The van der Waals surface area contributed by atoms with E-state index < -0.39 is 0 Å². The maximum absolute atomic E-state index is 12.7. The van der Waals surface area contributed by atoms with Gasteiger partial charge in [-0.3, -0.25) is 4.79 Å². The van der Waals surface area contributed by atoms with Crippen molar-refractivity contribution in [3.8, 4) is 17.0 Å². The first kappa shape index (κ1) is 13.5. The molecule has 2 heterocycles. The van der Waals surface area contributed by atoms with E-state index in [1.807, 2.05) is 36.4 Å². The number of hydrogen-bond acceptors (Lipinski definition) is 4. The van der Waals surface area contributed by atoms with Gasteiger partial charge in [-0.15, -0.1) is 0 Å². The highest BCUT2D eigenvalue weighted by Crippen LogP contribution is 2.27. The number of phenols is 1. The first-order valence-electron chi connectivity index (χ1n) is 7.25. The number of pyridine rings is 1. The summed E-state index contributed by atoms with van der Waals surface area (Å²) in [5.41, 5.74) is 2.61. The van der Waals surface area contributed by atoms with Crippen LogP contribution in [0.4, 0.5) is 0 Å². The van der Waals surface area contributed by atoms with Crippen molar-refractivity contribution in [1.29, 1.82) is 0 Å². The predicted molar refractivity (Wildman–Crippen MR) is 89.6 cm³/mol. The Labute approximate surface area is 131 Å². The highest BCUT2D eigenvalue weighted by molar-refractivity contribution is 5.86. The van der Waals surface area contributed by atoms with Crippen molar-refractivity contribution >= 4 is 21.9 Å². The average molecular weight is 303 g/mol. The molecule has 0 amide bonds. The van der Waals surface area contributed by atoms with Crippen molar-refractivity contribution in [2.24, 2.45) is 0 Å². The Kier molecular flexibility index (Phi) is 2.91. The summed E-state index contributed by atoms with van der Waals surface area (Å²) in [6, 6.07) is 14.6. The normalized spacial score (nSPS) is 11.2. The number of benzene rings is 2. The summed E-state index contributed by atoms with van der Waals surface area (Å²) in [5.74, 6) is 0.109. The molecule has 23 heavy (non-hydrogen) atoms. The van der Waals surface area contributed by atoms with E-state index in [-0.39, 0.29) is 11.2 Å². The van der Waals surface area contributed by atoms with E-state index in [1.54, 1.807) is 13.0 Å². The Morgan fingerprint density at radius 1 is 1.04 bits per heavy atom. The SMILES string of the molecule is Cc1c(O)ccc2c(=O)c(-c3ccc4ccccc4n3)coc12. The van der Waals surface area contributed by atoms with E-state index in [4.69, 9.17) is 4.42 Å².